The lowest BCUT2D eigenvalue weighted by molar-refractivity contribution is -0.116. The second-order valence-corrected chi connectivity index (χ2v) is 7.36. The van der Waals surface area contributed by atoms with E-state index in [9.17, 15) is 9.59 Å². The minimum atomic E-state index is -0.395. The van der Waals surface area contributed by atoms with Crippen molar-refractivity contribution in [1.29, 1.82) is 0 Å². The van der Waals surface area contributed by atoms with E-state index in [0.717, 1.165) is 41.2 Å². The maximum absolute atomic E-state index is 13.3. The molecule has 0 fully saturated rings. The molecular formula is C24H24N2O3. The molecule has 4 rings (SSSR count). The fourth-order valence-corrected chi connectivity index (χ4v) is 4.13. The number of anilines is 1. The lowest BCUT2D eigenvalue weighted by Gasteiger charge is -2.34. The Hall–Kier alpha value is -3.34. The van der Waals surface area contributed by atoms with Gasteiger partial charge in [0.05, 0.1) is 7.11 Å². The monoisotopic (exact) mass is 388 g/mol. The quantitative estimate of drug-likeness (QED) is 0.819. The summed E-state index contributed by atoms with van der Waals surface area (Å²) in [5.41, 5.74) is 4.65. The minimum absolute atomic E-state index is 0.108. The second-order valence-electron chi connectivity index (χ2n) is 7.36. The molecule has 1 aliphatic heterocycles. The first-order valence-corrected chi connectivity index (χ1v) is 9.83. The number of ketones is 1. The van der Waals surface area contributed by atoms with E-state index in [2.05, 4.69) is 10.6 Å². The third-order valence-corrected chi connectivity index (χ3v) is 5.50. The third kappa shape index (κ3) is 3.68. The molecule has 0 spiro atoms. The van der Waals surface area contributed by atoms with E-state index in [0.29, 0.717) is 17.6 Å². The summed E-state index contributed by atoms with van der Waals surface area (Å²) in [7, 11) is 1.62. The number of methoxy groups -OCH3 is 1. The Morgan fingerprint density at radius 3 is 2.48 bits per heavy atom. The van der Waals surface area contributed by atoms with Crippen LogP contribution in [0, 0.1) is 0 Å². The van der Waals surface area contributed by atoms with Gasteiger partial charge in [-0.05, 0) is 49.6 Å². The highest BCUT2D eigenvalue weighted by atomic mass is 16.5. The van der Waals surface area contributed by atoms with Crippen LogP contribution in [0.1, 0.15) is 37.7 Å². The van der Waals surface area contributed by atoms with Crippen molar-refractivity contribution in [2.24, 2.45) is 0 Å². The molecule has 2 aromatic rings. The summed E-state index contributed by atoms with van der Waals surface area (Å²) >= 11 is 0. The molecule has 1 atom stereocenters. The average molecular weight is 388 g/mol. The Bertz CT molecular complexity index is 1000. The first-order valence-electron chi connectivity index (χ1n) is 9.83. The smallest absolute Gasteiger partial charge is 0.254 e. The van der Waals surface area contributed by atoms with Gasteiger partial charge in [-0.1, -0.05) is 30.3 Å². The minimum Gasteiger partial charge on any atom is -0.497 e. The Balaban J connectivity index is 1.78. The Morgan fingerprint density at radius 1 is 1.07 bits per heavy atom. The molecule has 1 heterocycles. The summed E-state index contributed by atoms with van der Waals surface area (Å²) < 4.78 is 5.28. The molecular weight excluding hydrogens is 364 g/mol. The number of nitrogens with one attached hydrogen (secondary N) is 2. The van der Waals surface area contributed by atoms with Crippen LogP contribution in [0.5, 0.6) is 5.75 Å². The van der Waals surface area contributed by atoms with E-state index in [1.54, 1.807) is 7.11 Å². The first-order chi connectivity index (χ1) is 14.1. The predicted octanol–water partition coefficient (Wildman–Crippen LogP) is 4.30. The molecule has 1 amide bonds. The number of amides is 1. The van der Waals surface area contributed by atoms with Gasteiger partial charge in [-0.2, -0.15) is 0 Å². The first kappa shape index (κ1) is 19.0. The van der Waals surface area contributed by atoms with Crippen LogP contribution in [0.25, 0.3) is 0 Å². The zero-order valence-corrected chi connectivity index (χ0v) is 16.6. The summed E-state index contributed by atoms with van der Waals surface area (Å²) in [5, 5.41) is 6.32. The second kappa shape index (κ2) is 7.95. The molecule has 5 heteroatoms. The highest BCUT2D eigenvalue weighted by Gasteiger charge is 2.38. The Morgan fingerprint density at radius 2 is 1.79 bits per heavy atom. The number of carbonyl (C=O) groups is 2. The molecule has 0 unspecified atom stereocenters. The van der Waals surface area contributed by atoms with E-state index in [-0.39, 0.29) is 11.7 Å². The van der Waals surface area contributed by atoms with Gasteiger partial charge in [-0.3, -0.25) is 9.59 Å². The van der Waals surface area contributed by atoms with Crippen LogP contribution in [0.4, 0.5) is 5.69 Å². The summed E-state index contributed by atoms with van der Waals surface area (Å²) in [4.78, 5) is 26.2. The summed E-state index contributed by atoms with van der Waals surface area (Å²) in [5.74, 6) is 0.250. The standard InChI is InChI=1S/C24H24N2O3/c1-15-21(24(28)26-17-7-4-3-5-8-17)22(16-11-13-18(29-2)14-12-16)23-19(25-15)9-6-10-20(23)27/h3-5,7-8,11-14,22,25H,6,9-10H2,1-2H3,(H,26,28)/t22-/m1/s1. The van der Waals surface area contributed by atoms with E-state index in [4.69, 9.17) is 4.74 Å². The van der Waals surface area contributed by atoms with Gasteiger partial charge in [-0.15, -0.1) is 0 Å². The molecule has 0 aromatic heterocycles. The van der Waals surface area contributed by atoms with E-state index in [1.807, 2.05) is 61.5 Å². The number of hydrogen-bond donors (Lipinski definition) is 2. The van der Waals surface area contributed by atoms with Crippen molar-refractivity contribution in [3.8, 4) is 5.75 Å². The number of carbonyl (C=O) groups excluding carboxylic acids is 2. The molecule has 2 aliphatic rings. The molecule has 0 radical (unpaired) electrons. The van der Waals surface area contributed by atoms with Crippen LogP contribution in [-0.2, 0) is 9.59 Å². The van der Waals surface area contributed by atoms with Crippen molar-refractivity contribution in [1.82, 2.24) is 5.32 Å². The number of dihydropyridines is 1. The Labute approximate surface area is 170 Å². The number of para-hydroxylation sites is 1. The average Bonchev–Trinajstić information content (AvgIpc) is 2.73. The molecule has 0 saturated heterocycles. The predicted molar refractivity (Wildman–Crippen MR) is 113 cm³/mol. The number of ether oxygens (including phenoxy) is 1. The van der Waals surface area contributed by atoms with E-state index >= 15 is 0 Å². The maximum Gasteiger partial charge on any atom is 0.254 e. The van der Waals surface area contributed by atoms with E-state index < -0.39 is 5.92 Å². The van der Waals surface area contributed by atoms with Crippen molar-refractivity contribution in [2.45, 2.75) is 32.1 Å². The lowest BCUT2D eigenvalue weighted by Crippen LogP contribution is -2.35. The van der Waals surface area contributed by atoms with Crippen LogP contribution in [0.3, 0.4) is 0 Å². The lowest BCUT2D eigenvalue weighted by atomic mass is 9.75. The van der Waals surface area contributed by atoms with Crippen molar-refractivity contribution in [2.75, 3.05) is 12.4 Å². The summed E-state index contributed by atoms with van der Waals surface area (Å²) in [6.07, 6.45) is 2.16. The molecule has 2 N–H and O–H groups in total. The van der Waals surface area contributed by atoms with Crippen LogP contribution in [0.2, 0.25) is 0 Å². The van der Waals surface area contributed by atoms with Gasteiger partial charge in [0.2, 0.25) is 0 Å². The van der Waals surface area contributed by atoms with Crippen molar-refractivity contribution < 1.29 is 14.3 Å². The van der Waals surface area contributed by atoms with Gasteiger partial charge in [-0.25, -0.2) is 0 Å². The van der Waals surface area contributed by atoms with Crippen LogP contribution in [-0.4, -0.2) is 18.8 Å². The third-order valence-electron chi connectivity index (χ3n) is 5.50. The van der Waals surface area contributed by atoms with Crippen LogP contribution in [0.15, 0.2) is 77.1 Å². The van der Waals surface area contributed by atoms with Gasteiger partial charge in [0.25, 0.3) is 5.91 Å². The van der Waals surface area contributed by atoms with Crippen molar-refractivity contribution in [3.05, 3.63) is 82.7 Å². The number of rotatable bonds is 4. The highest BCUT2D eigenvalue weighted by molar-refractivity contribution is 6.09. The largest absolute Gasteiger partial charge is 0.497 e. The zero-order chi connectivity index (χ0) is 20.4. The molecule has 1 aliphatic carbocycles. The maximum atomic E-state index is 13.3. The highest BCUT2D eigenvalue weighted by Crippen LogP contribution is 2.42. The number of allylic oxidation sites excluding steroid dienone is 3. The fourth-order valence-electron chi connectivity index (χ4n) is 4.13. The SMILES string of the molecule is COc1ccc([C@@H]2C(C(=O)Nc3ccccc3)=C(C)NC3=C2C(=O)CCC3)cc1. The van der Waals surface area contributed by atoms with Crippen LogP contribution < -0.4 is 15.4 Å². The van der Waals surface area contributed by atoms with Crippen molar-refractivity contribution in [3.63, 3.8) is 0 Å². The summed E-state index contributed by atoms with van der Waals surface area (Å²) in [6, 6.07) is 17.0. The van der Waals surface area contributed by atoms with Gasteiger partial charge in [0, 0.05) is 40.6 Å². The zero-order valence-electron chi connectivity index (χ0n) is 16.6. The topological polar surface area (TPSA) is 67.4 Å². The van der Waals surface area contributed by atoms with Gasteiger partial charge >= 0.3 is 0 Å². The molecule has 148 valence electrons. The molecule has 0 saturated carbocycles. The molecule has 0 bridgehead atoms. The van der Waals surface area contributed by atoms with Crippen molar-refractivity contribution >= 4 is 17.4 Å². The Kier molecular flexibility index (Phi) is 5.21. The molecule has 5 nitrogen and oxygen atoms in total. The molecule has 29 heavy (non-hydrogen) atoms. The number of benzene rings is 2. The fraction of sp³-hybridized carbons (Fsp3) is 0.250. The van der Waals surface area contributed by atoms with Gasteiger partial charge in [0.1, 0.15) is 5.75 Å². The van der Waals surface area contributed by atoms with Gasteiger partial charge < -0.3 is 15.4 Å². The van der Waals surface area contributed by atoms with E-state index in [1.165, 1.54) is 0 Å². The molecule has 2 aromatic carbocycles. The van der Waals surface area contributed by atoms with Crippen LogP contribution >= 0.6 is 0 Å². The normalized spacial score (nSPS) is 18.8. The summed E-state index contributed by atoms with van der Waals surface area (Å²) in [6.45, 7) is 1.90. The number of hydrogen-bond acceptors (Lipinski definition) is 4. The number of Topliss-reactive ketones (excluding diaryl/α,β-unsaturated/α-hetero) is 1. The van der Waals surface area contributed by atoms with Gasteiger partial charge in [0.15, 0.2) is 5.78 Å².